The highest BCUT2D eigenvalue weighted by Gasteiger charge is 2.53. The minimum Gasteiger partial charge on any atom is -0.497 e. The summed E-state index contributed by atoms with van der Waals surface area (Å²) < 4.78 is 10.9. The predicted octanol–water partition coefficient (Wildman–Crippen LogP) is 6.56. The number of methoxy groups -OCH3 is 2. The Morgan fingerprint density at radius 1 is 1.02 bits per heavy atom. The van der Waals surface area contributed by atoms with E-state index in [1.807, 2.05) is 24.3 Å². The number of pyridine rings is 1. The van der Waals surface area contributed by atoms with Crippen molar-refractivity contribution in [3.8, 4) is 11.5 Å². The second-order valence-electron chi connectivity index (χ2n) is 14.0. The van der Waals surface area contributed by atoms with Crippen LogP contribution in [0.3, 0.4) is 0 Å². The van der Waals surface area contributed by atoms with E-state index in [2.05, 4.69) is 52.7 Å². The number of aliphatic hydroxyl groups excluding tert-OH is 1. The van der Waals surface area contributed by atoms with Crippen molar-refractivity contribution in [2.24, 2.45) is 17.8 Å². The van der Waals surface area contributed by atoms with Gasteiger partial charge < -0.3 is 19.5 Å². The smallest absolute Gasteiger partial charge is 0.119 e. The summed E-state index contributed by atoms with van der Waals surface area (Å²) in [5.41, 5.74) is 5.52. The Balaban J connectivity index is 0.000000144. The zero-order valence-corrected chi connectivity index (χ0v) is 26.8. The van der Waals surface area contributed by atoms with Crippen molar-refractivity contribution in [2.45, 2.75) is 75.0 Å². The zero-order chi connectivity index (χ0) is 30.4. The number of aliphatic hydroxyl groups is 1. The van der Waals surface area contributed by atoms with Crippen molar-refractivity contribution < 1.29 is 14.6 Å². The number of likely N-dealkylation sites (N-methyl/N-ethyl adjacent to an activating group) is 1. The Morgan fingerprint density at radius 2 is 1.84 bits per heavy atom. The number of aromatic nitrogens is 1. The van der Waals surface area contributed by atoms with Gasteiger partial charge in [-0.15, -0.1) is 6.58 Å². The van der Waals surface area contributed by atoms with Crippen LogP contribution in [0, 0.1) is 17.8 Å². The summed E-state index contributed by atoms with van der Waals surface area (Å²) in [6.07, 6.45) is 13.8. The fraction of sp³-hybridized carbons (Fsp3) is 0.553. The van der Waals surface area contributed by atoms with Crippen LogP contribution in [0.1, 0.15) is 67.7 Å². The average molecular weight is 596 g/mol. The molecule has 4 saturated heterocycles. The summed E-state index contributed by atoms with van der Waals surface area (Å²) in [5, 5.41) is 12.1. The van der Waals surface area contributed by atoms with Gasteiger partial charge in [0.05, 0.1) is 25.8 Å². The maximum Gasteiger partial charge on any atom is 0.119 e. The van der Waals surface area contributed by atoms with Crippen LogP contribution in [-0.2, 0) is 11.8 Å². The van der Waals surface area contributed by atoms with Gasteiger partial charge in [-0.2, -0.15) is 0 Å². The number of rotatable bonds is 5. The summed E-state index contributed by atoms with van der Waals surface area (Å²) in [4.78, 5) is 9.48. The fourth-order valence-electron chi connectivity index (χ4n) is 9.75. The van der Waals surface area contributed by atoms with E-state index in [1.54, 1.807) is 31.5 Å². The lowest BCUT2D eigenvalue weighted by atomic mass is 9.52. The molecule has 9 rings (SSSR count). The van der Waals surface area contributed by atoms with E-state index in [-0.39, 0.29) is 6.04 Å². The lowest BCUT2D eigenvalue weighted by molar-refractivity contribution is -0.0444. The number of likely N-dealkylation sites (tertiary alicyclic amines) is 1. The van der Waals surface area contributed by atoms with Crippen LogP contribution in [0.2, 0.25) is 0 Å². The molecule has 2 unspecified atom stereocenters. The third kappa shape index (κ3) is 5.03. The zero-order valence-electron chi connectivity index (χ0n) is 26.8. The van der Waals surface area contributed by atoms with Crippen molar-refractivity contribution in [1.82, 2.24) is 14.8 Å². The van der Waals surface area contributed by atoms with E-state index >= 15 is 0 Å². The van der Waals surface area contributed by atoms with Crippen LogP contribution >= 0.6 is 0 Å². The largest absolute Gasteiger partial charge is 0.497 e. The molecule has 2 aromatic carbocycles. The van der Waals surface area contributed by atoms with Gasteiger partial charge in [-0.05, 0) is 130 Å². The first-order valence-electron chi connectivity index (χ1n) is 16.8. The van der Waals surface area contributed by atoms with E-state index in [0.717, 1.165) is 59.4 Å². The molecule has 0 amide bonds. The number of benzene rings is 2. The van der Waals surface area contributed by atoms with Gasteiger partial charge in [0.15, 0.2) is 0 Å². The normalized spacial score (nSPS) is 32.9. The number of fused-ring (bicyclic) bond motifs is 5. The van der Waals surface area contributed by atoms with E-state index in [0.29, 0.717) is 17.3 Å². The predicted molar refractivity (Wildman–Crippen MR) is 176 cm³/mol. The van der Waals surface area contributed by atoms with E-state index in [9.17, 15) is 5.11 Å². The Kier molecular flexibility index (Phi) is 8.19. The van der Waals surface area contributed by atoms with Gasteiger partial charge in [0.25, 0.3) is 0 Å². The van der Waals surface area contributed by atoms with Gasteiger partial charge in [0.2, 0.25) is 0 Å². The van der Waals surface area contributed by atoms with Gasteiger partial charge in [-0.25, -0.2) is 0 Å². The van der Waals surface area contributed by atoms with E-state index in [4.69, 9.17) is 9.47 Å². The maximum atomic E-state index is 11.2. The monoisotopic (exact) mass is 595 g/mol. The number of piperidine rings is 4. The molecule has 1 saturated carbocycles. The maximum absolute atomic E-state index is 11.2. The van der Waals surface area contributed by atoms with Crippen molar-refractivity contribution in [2.75, 3.05) is 40.9 Å². The minimum atomic E-state index is -0.504. The topological polar surface area (TPSA) is 58.1 Å². The van der Waals surface area contributed by atoms with Crippen LogP contribution in [0.25, 0.3) is 10.9 Å². The van der Waals surface area contributed by atoms with Crippen LogP contribution in [0.4, 0.5) is 0 Å². The Hall–Kier alpha value is -2.93. The fourth-order valence-corrected chi connectivity index (χ4v) is 9.75. The van der Waals surface area contributed by atoms with Gasteiger partial charge in [-0.1, -0.05) is 25.0 Å². The summed E-state index contributed by atoms with van der Waals surface area (Å²) >= 11 is 0. The van der Waals surface area contributed by atoms with E-state index in [1.165, 1.54) is 51.5 Å². The molecule has 6 heteroatoms. The minimum absolute atomic E-state index is 0.178. The summed E-state index contributed by atoms with van der Waals surface area (Å²) in [7, 11) is 5.78. The highest BCUT2D eigenvalue weighted by atomic mass is 16.5. The summed E-state index contributed by atoms with van der Waals surface area (Å²) in [5.74, 6) is 3.92. The molecule has 4 bridgehead atoms. The average Bonchev–Trinajstić information content (AvgIpc) is 3.09. The molecule has 0 radical (unpaired) electrons. The summed E-state index contributed by atoms with van der Waals surface area (Å²) in [6.45, 7) is 7.33. The number of hydrogen-bond acceptors (Lipinski definition) is 6. The molecule has 1 N–H and O–H groups in total. The van der Waals surface area contributed by atoms with Crippen molar-refractivity contribution in [3.63, 3.8) is 0 Å². The molecule has 4 aliphatic heterocycles. The lowest BCUT2D eigenvalue weighted by Crippen LogP contribution is -2.59. The second kappa shape index (κ2) is 12.1. The first-order valence-corrected chi connectivity index (χ1v) is 16.8. The molecular formula is C38H49N3O3. The van der Waals surface area contributed by atoms with Gasteiger partial charge in [-0.3, -0.25) is 9.88 Å². The standard InChI is InChI=1S/C20H24N2O2.C18H25NO/c1-3-13-12-22-9-7-14(13)10-19(22)20(23)16-6-8-21-18-5-4-15(24-2)11-17(16)18;1-19-10-9-18-8-4-3-5-15(18)17(19)11-13-6-7-14(20-2)12-16(13)18/h3-6,8,11,13-14,19-20,23H,1,7,9-10,12H2,2H3;6-7,12,15,17H,3-5,8-11H2,1-2H3/t13-,14?,19+,20-;15-,17-,18-/m01/s1. The van der Waals surface area contributed by atoms with Crippen molar-refractivity contribution >= 4 is 10.9 Å². The molecule has 8 atom stereocenters. The Bertz CT molecular complexity index is 1510. The molecule has 6 nitrogen and oxygen atoms in total. The number of hydrogen-bond donors (Lipinski definition) is 1. The van der Waals surface area contributed by atoms with Gasteiger partial charge in [0.1, 0.15) is 11.5 Å². The molecule has 5 fully saturated rings. The molecule has 6 aliphatic rings. The summed E-state index contributed by atoms with van der Waals surface area (Å²) in [6, 6.07) is 15.6. The van der Waals surface area contributed by atoms with Crippen LogP contribution in [0.5, 0.6) is 11.5 Å². The highest BCUT2D eigenvalue weighted by Crippen LogP contribution is 2.56. The first kappa shape index (κ1) is 29.8. The first-order chi connectivity index (χ1) is 21.5. The van der Waals surface area contributed by atoms with Gasteiger partial charge >= 0.3 is 0 Å². The second-order valence-corrected chi connectivity index (χ2v) is 14.0. The third-order valence-electron chi connectivity index (χ3n) is 12.1. The molecule has 1 aromatic heterocycles. The molecule has 44 heavy (non-hydrogen) atoms. The SMILES string of the molecule is C=C[C@H]1CN2CCC1C[C@@H]2[C@@H](O)c1ccnc2ccc(OC)cc12.COc1ccc2c(c1)[C@@]13CCCC[C@@H]1[C@@H](C2)N(C)CC3. The molecule has 3 aromatic rings. The number of ether oxygens (including phenoxy) is 2. The molecule has 234 valence electrons. The molecule has 2 aliphatic carbocycles. The molecule has 5 heterocycles. The highest BCUT2D eigenvalue weighted by molar-refractivity contribution is 5.84. The lowest BCUT2D eigenvalue weighted by Gasteiger charge is -2.58. The Morgan fingerprint density at radius 3 is 2.61 bits per heavy atom. The molecular weight excluding hydrogens is 546 g/mol. The molecule has 0 spiro atoms. The van der Waals surface area contributed by atoms with Crippen molar-refractivity contribution in [1.29, 1.82) is 0 Å². The van der Waals surface area contributed by atoms with E-state index < -0.39 is 6.10 Å². The Labute approximate surface area is 263 Å². The number of nitrogens with zero attached hydrogens (tertiary/aromatic N) is 3. The van der Waals surface area contributed by atoms with Crippen LogP contribution < -0.4 is 9.47 Å². The quantitative estimate of drug-likeness (QED) is 0.338. The third-order valence-corrected chi connectivity index (χ3v) is 12.1. The van der Waals surface area contributed by atoms with Crippen molar-refractivity contribution in [3.05, 3.63) is 78.0 Å². The van der Waals surface area contributed by atoms with Crippen LogP contribution in [-0.4, -0.2) is 72.9 Å². The van der Waals surface area contributed by atoms with Gasteiger partial charge in [0, 0.05) is 35.6 Å². The van der Waals surface area contributed by atoms with Crippen LogP contribution in [0.15, 0.2) is 61.3 Å².